The minimum absolute atomic E-state index is 0.0800. The van der Waals surface area contributed by atoms with Crippen LogP contribution in [0.15, 0.2) is 54.7 Å². The summed E-state index contributed by atoms with van der Waals surface area (Å²) in [5.41, 5.74) is 0.897. The lowest BCUT2D eigenvalue weighted by molar-refractivity contribution is 0.102. The summed E-state index contributed by atoms with van der Waals surface area (Å²) in [7, 11) is 0. The van der Waals surface area contributed by atoms with Gasteiger partial charge in [-0.1, -0.05) is 35.7 Å². The molecular formula is C24H19Cl2FN4O2. The zero-order chi connectivity index (χ0) is 23.5. The summed E-state index contributed by atoms with van der Waals surface area (Å²) in [6, 6.07) is 11.6. The van der Waals surface area contributed by atoms with E-state index in [-0.39, 0.29) is 33.6 Å². The molecule has 33 heavy (non-hydrogen) atoms. The first kappa shape index (κ1) is 22.9. The Hall–Kier alpha value is -3.29. The number of aromatic nitrogens is 1. The molecule has 3 N–H and O–H groups in total. The fraction of sp³-hybridized carbons (Fsp3) is 0.167. The van der Waals surface area contributed by atoms with Crippen LogP contribution in [0.4, 0.5) is 15.9 Å². The van der Waals surface area contributed by atoms with Crippen molar-refractivity contribution in [1.29, 1.82) is 5.41 Å². The van der Waals surface area contributed by atoms with Gasteiger partial charge in [-0.2, -0.15) is 0 Å². The number of amides is 2. The number of nitrogens with zero attached hydrogens (tertiary/aromatic N) is 1. The highest BCUT2D eigenvalue weighted by Gasteiger charge is 2.24. The number of rotatable bonds is 6. The Morgan fingerprint density at radius 3 is 2.30 bits per heavy atom. The summed E-state index contributed by atoms with van der Waals surface area (Å²) in [4.78, 5) is 29.6. The van der Waals surface area contributed by atoms with Crippen LogP contribution in [0.2, 0.25) is 10.0 Å². The predicted molar refractivity (Wildman–Crippen MR) is 127 cm³/mol. The molecule has 0 aliphatic heterocycles. The first-order valence-corrected chi connectivity index (χ1v) is 11.0. The van der Waals surface area contributed by atoms with E-state index in [4.69, 9.17) is 28.6 Å². The molecule has 0 bridgehead atoms. The van der Waals surface area contributed by atoms with Gasteiger partial charge in [-0.3, -0.25) is 9.59 Å². The second kappa shape index (κ2) is 9.68. The summed E-state index contributed by atoms with van der Waals surface area (Å²) >= 11 is 11.9. The molecule has 9 heteroatoms. The number of carbonyl (C=O) groups excluding carboxylic acids is 2. The van der Waals surface area contributed by atoms with Crippen LogP contribution in [0.5, 0.6) is 0 Å². The van der Waals surface area contributed by atoms with Gasteiger partial charge in [0.25, 0.3) is 11.8 Å². The van der Waals surface area contributed by atoms with Crippen LogP contribution >= 0.6 is 23.2 Å². The monoisotopic (exact) mass is 484 g/mol. The quantitative estimate of drug-likeness (QED) is 0.363. The molecule has 2 amide bonds. The second-order valence-electron chi connectivity index (χ2n) is 7.70. The average Bonchev–Trinajstić information content (AvgIpc) is 2.75. The molecule has 0 saturated heterocycles. The molecule has 2 aromatic carbocycles. The zero-order valence-corrected chi connectivity index (χ0v) is 18.8. The van der Waals surface area contributed by atoms with Gasteiger partial charge in [-0.05, 0) is 60.9 Å². The first-order chi connectivity index (χ1) is 15.8. The fourth-order valence-corrected chi connectivity index (χ4v) is 3.72. The number of benzene rings is 2. The molecule has 168 valence electrons. The minimum Gasteiger partial charge on any atom is -0.321 e. The van der Waals surface area contributed by atoms with Crippen LogP contribution in [-0.4, -0.2) is 22.5 Å². The summed E-state index contributed by atoms with van der Waals surface area (Å²) in [5, 5.41) is 14.1. The van der Waals surface area contributed by atoms with Crippen molar-refractivity contribution in [1.82, 2.24) is 4.98 Å². The Labute approximate surface area is 199 Å². The van der Waals surface area contributed by atoms with Crippen LogP contribution in [0.3, 0.4) is 0 Å². The fourth-order valence-electron chi connectivity index (χ4n) is 3.44. The van der Waals surface area contributed by atoms with Gasteiger partial charge >= 0.3 is 0 Å². The third-order valence-electron chi connectivity index (χ3n) is 5.48. The molecule has 0 spiro atoms. The lowest BCUT2D eigenvalue weighted by atomic mass is 9.79. The Balaban J connectivity index is 1.53. The molecule has 1 fully saturated rings. The largest absolute Gasteiger partial charge is 0.321 e. The average molecular weight is 485 g/mol. The van der Waals surface area contributed by atoms with Crippen molar-refractivity contribution in [3.8, 4) is 0 Å². The Morgan fingerprint density at radius 2 is 1.67 bits per heavy atom. The van der Waals surface area contributed by atoms with Crippen LogP contribution < -0.4 is 10.6 Å². The van der Waals surface area contributed by atoms with E-state index in [1.807, 2.05) is 0 Å². The Kier molecular flexibility index (Phi) is 6.72. The summed E-state index contributed by atoms with van der Waals surface area (Å²) in [6.45, 7) is 0. The van der Waals surface area contributed by atoms with Crippen LogP contribution in [0.1, 0.15) is 45.5 Å². The van der Waals surface area contributed by atoms with E-state index in [1.165, 1.54) is 42.6 Å². The van der Waals surface area contributed by atoms with Crippen molar-refractivity contribution in [2.24, 2.45) is 5.92 Å². The maximum atomic E-state index is 14.7. The SMILES string of the molecule is N=C(c1ccc(C(=O)Nc2ccc(Cl)cc2C(=O)Nc2ccc(Cl)cn2)c(F)c1)C1CCC1. The molecule has 4 rings (SSSR count). The molecule has 1 aliphatic carbocycles. The van der Waals surface area contributed by atoms with Crippen molar-refractivity contribution < 1.29 is 14.0 Å². The second-order valence-corrected chi connectivity index (χ2v) is 8.57. The number of anilines is 2. The smallest absolute Gasteiger partial charge is 0.258 e. The standard InChI is InChI=1S/C24H19Cl2FN4O2/c25-15-5-8-20(18(11-15)24(33)31-21-9-6-16(26)12-29-21)30-23(32)17-7-4-14(10-19(17)27)22(28)13-2-1-3-13/h4-13,28H,1-3H2,(H,30,32)(H,29,31,33). The Morgan fingerprint density at radius 1 is 0.939 bits per heavy atom. The van der Waals surface area contributed by atoms with E-state index >= 15 is 0 Å². The third-order valence-corrected chi connectivity index (χ3v) is 5.94. The number of hydrogen-bond acceptors (Lipinski definition) is 4. The van der Waals surface area contributed by atoms with E-state index in [0.717, 1.165) is 19.3 Å². The molecule has 0 radical (unpaired) electrons. The molecule has 1 aliphatic rings. The van der Waals surface area contributed by atoms with Gasteiger partial charge in [0.05, 0.1) is 21.8 Å². The van der Waals surface area contributed by atoms with Crippen molar-refractivity contribution in [2.45, 2.75) is 19.3 Å². The van der Waals surface area contributed by atoms with Crippen LogP contribution in [0, 0.1) is 17.1 Å². The minimum atomic E-state index is -0.737. The van der Waals surface area contributed by atoms with E-state index in [1.54, 1.807) is 12.1 Å². The topological polar surface area (TPSA) is 94.9 Å². The van der Waals surface area contributed by atoms with Gasteiger partial charge in [0.15, 0.2) is 0 Å². The predicted octanol–water partition coefficient (Wildman–Crippen LogP) is 6.20. The maximum absolute atomic E-state index is 14.7. The van der Waals surface area contributed by atoms with E-state index in [9.17, 15) is 14.0 Å². The number of hydrogen-bond donors (Lipinski definition) is 3. The molecule has 6 nitrogen and oxygen atoms in total. The van der Waals surface area contributed by atoms with Crippen LogP contribution in [-0.2, 0) is 0 Å². The number of nitrogens with one attached hydrogen (secondary N) is 3. The highest BCUT2D eigenvalue weighted by atomic mass is 35.5. The van der Waals surface area contributed by atoms with Gasteiger partial charge in [0.1, 0.15) is 11.6 Å². The van der Waals surface area contributed by atoms with Gasteiger partial charge < -0.3 is 16.0 Å². The van der Waals surface area contributed by atoms with Crippen molar-refractivity contribution in [3.05, 3.63) is 87.3 Å². The van der Waals surface area contributed by atoms with Gasteiger partial charge in [-0.25, -0.2) is 9.37 Å². The summed E-state index contributed by atoms with van der Waals surface area (Å²) < 4.78 is 14.7. The van der Waals surface area contributed by atoms with E-state index in [2.05, 4.69) is 15.6 Å². The molecule has 0 unspecified atom stereocenters. The van der Waals surface area contributed by atoms with Crippen molar-refractivity contribution in [2.75, 3.05) is 10.6 Å². The van der Waals surface area contributed by atoms with Gasteiger partial charge in [-0.15, -0.1) is 0 Å². The highest BCUT2D eigenvalue weighted by molar-refractivity contribution is 6.31. The molecule has 0 atom stereocenters. The molecule has 1 heterocycles. The van der Waals surface area contributed by atoms with E-state index < -0.39 is 17.6 Å². The number of carbonyl (C=O) groups is 2. The highest BCUT2D eigenvalue weighted by Crippen LogP contribution is 2.30. The molecule has 3 aromatic rings. The lowest BCUT2D eigenvalue weighted by Crippen LogP contribution is -2.23. The molecule has 1 saturated carbocycles. The molecule has 1 aromatic heterocycles. The normalized spacial score (nSPS) is 13.2. The van der Waals surface area contributed by atoms with Crippen molar-refractivity contribution >= 4 is 52.2 Å². The van der Waals surface area contributed by atoms with Crippen LogP contribution in [0.25, 0.3) is 0 Å². The van der Waals surface area contributed by atoms with Gasteiger partial charge in [0, 0.05) is 22.8 Å². The first-order valence-electron chi connectivity index (χ1n) is 10.2. The molecular weight excluding hydrogens is 466 g/mol. The maximum Gasteiger partial charge on any atom is 0.258 e. The Bertz CT molecular complexity index is 1240. The number of halogens is 3. The summed E-state index contributed by atoms with van der Waals surface area (Å²) in [5.74, 6) is -1.62. The summed E-state index contributed by atoms with van der Waals surface area (Å²) in [6.07, 6.45) is 4.31. The van der Waals surface area contributed by atoms with Crippen molar-refractivity contribution in [3.63, 3.8) is 0 Å². The van der Waals surface area contributed by atoms with E-state index in [0.29, 0.717) is 16.3 Å². The lowest BCUT2D eigenvalue weighted by Gasteiger charge is -2.26. The van der Waals surface area contributed by atoms with Gasteiger partial charge in [0.2, 0.25) is 0 Å². The zero-order valence-electron chi connectivity index (χ0n) is 17.3. The third kappa shape index (κ3) is 5.21. The number of pyridine rings is 1.